The second kappa shape index (κ2) is 8.95. The van der Waals surface area contributed by atoms with Crippen LogP contribution in [0.2, 0.25) is 0 Å². The van der Waals surface area contributed by atoms with Crippen molar-refractivity contribution in [1.29, 1.82) is 0 Å². The van der Waals surface area contributed by atoms with Crippen molar-refractivity contribution in [3.63, 3.8) is 0 Å². The van der Waals surface area contributed by atoms with Gasteiger partial charge in [-0.1, -0.05) is 0 Å². The van der Waals surface area contributed by atoms with E-state index in [-0.39, 0.29) is 30.7 Å². The normalized spacial score (nSPS) is 17.2. The maximum atomic E-state index is 12.3. The summed E-state index contributed by atoms with van der Waals surface area (Å²) in [5.41, 5.74) is 1.02. The minimum atomic E-state index is -0.738. The van der Waals surface area contributed by atoms with Gasteiger partial charge in [0.15, 0.2) is 0 Å². The minimum absolute atomic E-state index is 0.0354. The van der Waals surface area contributed by atoms with Crippen molar-refractivity contribution in [2.75, 3.05) is 39.1 Å². The Morgan fingerprint density at radius 2 is 1.96 bits per heavy atom. The molecule has 9 nitrogen and oxygen atoms in total. The van der Waals surface area contributed by atoms with Gasteiger partial charge >= 0.3 is 5.97 Å². The number of esters is 1. The number of nitrogens with zero attached hydrogens (tertiary/aromatic N) is 1. The fraction of sp³-hybridized carbons (Fsp3) is 0.412. The van der Waals surface area contributed by atoms with E-state index in [2.05, 4.69) is 20.7 Å². The van der Waals surface area contributed by atoms with Gasteiger partial charge in [-0.25, -0.2) is 0 Å². The number of hydrogen-bond acceptors (Lipinski definition) is 6. The number of carbonyl (C=O) groups is 4. The third-order valence-corrected chi connectivity index (χ3v) is 4.03. The van der Waals surface area contributed by atoms with Crippen molar-refractivity contribution >= 4 is 29.4 Å². The first-order chi connectivity index (χ1) is 12.4. The zero-order valence-corrected chi connectivity index (χ0v) is 14.7. The summed E-state index contributed by atoms with van der Waals surface area (Å²) < 4.78 is 4.61. The molecule has 0 aromatic heterocycles. The summed E-state index contributed by atoms with van der Waals surface area (Å²) >= 11 is 0. The lowest BCUT2D eigenvalue weighted by atomic mass is 10.1. The Kier molecular flexibility index (Phi) is 6.67. The van der Waals surface area contributed by atoms with E-state index in [1.807, 2.05) is 0 Å². The molecule has 0 radical (unpaired) electrons. The van der Waals surface area contributed by atoms with Crippen molar-refractivity contribution in [3.8, 4) is 0 Å². The van der Waals surface area contributed by atoms with E-state index in [1.165, 1.54) is 14.2 Å². The van der Waals surface area contributed by atoms with Gasteiger partial charge in [-0.15, -0.1) is 0 Å². The van der Waals surface area contributed by atoms with Crippen LogP contribution >= 0.6 is 0 Å². The predicted octanol–water partition coefficient (Wildman–Crippen LogP) is -0.652. The Balaban J connectivity index is 1.97. The number of carbonyl (C=O) groups excluding carboxylic acids is 4. The molecule has 1 atom stereocenters. The first-order valence-corrected chi connectivity index (χ1v) is 8.15. The van der Waals surface area contributed by atoms with Gasteiger partial charge in [0.05, 0.1) is 20.1 Å². The van der Waals surface area contributed by atoms with E-state index in [9.17, 15) is 19.2 Å². The van der Waals surface area contributed by atoms with Crippen molar-refractivity contribution in [3.05, 3.63) is 29.8 Å². The molecule has 0 aliphatic carbocycles. The molecule has 3 amide bonds. The molecule has 1 saturated heterocycles. The highest BCUT2D eigenvalue weighted by Crippen LogP contribution is 2.12. The summed E-state index contributed by atoms with van der Waals surface area (Å²) in [5.74, 6) is -1.35. The Hall–Kier alpha value is -2.94. The van der Waals surface area contributed by atoms with Crippen LogP contribution in [0.4, 0.5) is 5.69 Å². The number of hydrogen-bond donors (Lipinski definition) is 3. The summed E-state index contributed by atoms with van der Waals surface area (Å²) in [6.45, 7) is 0.827. The predicted molar refractivity (Wildman–Crippen MR) is 93.5 cm³/mol. The fourth-order valence-corrected chi connectivity index (χ4v) is 2.65. The average Bonchev–Trinajstić information content (AvgIpc) is 2.64. The highest BCUT2D eigenvalue weighted by atomic mass is 16.5. The van der Waals surface area contributed by atoms with E-state index in [0.29, 0.717) is 24.3 Å². The van der Waals surface area contributed by atoms with Gasteiger partial charge in [0, 0.05) is 31.4 Å². The summed E-state index contributed by atoms with van der Waals surface area (Å²) in [5, 5.41) is 7.91. The SMILES string of the molecule is CNC(=O)c1ccc(NC(=O)CN2CCNC(=O)[C@H]2CC(=O)OC)cc1. The van der Waals surface area contributed by atoms with Gasteiger partial charge in [-0.2, -0.15) is 0 Å². The molecule has 1 aliphatic heterocycles. The lowest BCUT2D eigenvalue weighted by Crippen LogP contribution is -2.57. The van der Waals surface area contributed by atoms with E-state index >= 15 is 0 Å². The van der Waals surface area contributed by atoms with Crippen molar-refractivity contribution < 1.29 is 23.9 Å². The van der Waals surface area contributed by atoms with Gasteiger partial charge < -0.3 is 20.7 Å². The fourth-order valence-electron chi connectivity index (χ4n) is 2.65. The summed E-state index contributed by atoms with van der Waals surface area (Å²) in [6.07, 6.45) is -0.115. The number of benzene rings is 1. The zero-order valence-electron chi connectivity index (χ0n) is 14.7. The first-order valence-electron chi connectivity index (χ1n) is 8.15. The molecule has 0 bridgehead atoms. The van der Waals surface area contributed by atoms with Crippen LogP contribution in [0, 0.1) is 0 Å². The van der Waals surface area contributed by atoms with Crippen LogP contribution in [-0.2, 0) is 19.1 Å². The van der Waals surface area contributed by atoms with Crippen LogP contribution in [0.3, 0.4) is 0 Å². The number of rotatable bonds is 6. The van der Waals surface area contributed by atoms with Gasteiger partial charge in [0.2, 0.25) is 11.8 Å². The van der Waals surface area contributed by atoms with Gasteiger partial charge in [-0.3, -0.25) is 24.1 Å². The van der Waals surface area contributed by atoms with Crippen LogP contribution in [0.25, 0.3) is 0 Å². The molecule has 9 heteroatoms. The number of amides is 3. The molecule has 2 rings (SSSR count). The van der Waals surface area contributed by atoms with E-state index < -0.39 is 12.0 Å². The summed E-state index contributed by atoms with van der Waals surface area (Å²) in [7, 11) is 2.79. The molecule has 0 saturated carbocycles. The third kappa shape index (κ3) is 5.03. The molecular weight excluding hydrogens is 340 g/mol. The number of ether oxygens (including phenoxy) is 1. The number of methoxy groups -OCH3 is 1. The maximum absolute atomic E-state index is 12.3. The molecule has 0 unspecified atom stereocenters. The Morgan fingerprint density at radius 1 is 1.27 bits per heavy atom. The minimum Gasteiger partial charge on any atom is -0.469 e. The lowest BCUT2D eigenvalue weighted by Gasteiger charge is -2.33. The highest BCUT2D eigenvalue weighted by molar-refractivity contribution is 5.96. The van der Waals surface area contributed by atoms with Crippen LogP contribution in [0.5, 0.6) is 0 Å². The lowest BCUT2D eigenvalue weighted by molar-refractivity contribution is -0.146. The molecule has 1 aromatic carbocycles. The van der Waals surface area contributed by atoms with E-state index in [1.54, 1.807) is 29.2 Å². The van der Waals surface area contributed by atoms with Crippen LogP contribution in [0.1, 0.15) is 16.8 Å². The molecule has 0 spiro atoms. The second-order valence-electron chi connectivity index (χ2n) is 5.76. The second-order valence-corrected chi connectivity index (χ2v) is 5.76. The Bertz CT molecular complexity index is 689. The smallest absolute Gasteiger partial charge is 0.307 e. The van der Waals surface area contributed by atoms with Crippen molar-refractivity contribution in [2.24, 2.45) is 0 Å². The maximum Gasteiger partial charge on any atom is 0.307 e. The molecule has 140 valence electrons. The van der Waals surface area contributed by atoms with Crippen LogP contribution < -0.4 is 16.0 Å². The van der Waals surface area contributed by atoms with Crippen LogP contribution in [0.15, 0.2) is 24.3 Å². The largest absolute Gasteiger partial charge is 0.469 e. The van der Waals surface area contributed by atoms with Crippen LogP contribution in [-0.4, -0.2) is 68.4 Å². The summed E-state index contributed by atoms with van der Waals surface area (Å²) in [6, 6.07) is 5.71. The van der Waals surface area contributed by atoms with E-state index in [4.69, 9.17) is 0 Å². The average molecular weight is 362 g/mol. The third-order valence-electron chi connectivity index (χ3n) is 4.03. The quantitative estimate of drug-likeness (QED) is 0.579. The zero-order chi connectivity index (χ0) is 19.1. The highest BCUT2D eigenvalue weighted by Gasteiger charge is 2.33. The molecule has 1 heterocycles. The van der Waals surface area contributed by atoms with Crippen molar-refractivity contribution in [1.82, 2.24) is 15.5 Å². The molecule has 3 N–H and O–H groups in total. The molecule has 1 aromatic rings. The summed E-state index contributed by atoms with van der Waals surface area (Å²) in [4.78, 5) is 48.9. The number of nitrogens with one attached hydrogen (secondary N) is 3. The van der Waals surface area contributed by atoms with E-state index in [0.717, 1.165) is 0 Å². The number of anilines is 1. The Morgan fingerprint density at radius 3 is 2.58 bits per heavy atom. The topological polar surface area (TPSA) is 117 Å². The monoisotopic (exact) mass is 362 g/mol. The van der Waals surface area contributed by atoms with Gasteiger partial charge in [0.1, 0.15) is 6.04 Å². The molecular formula is C17H22N4O5. The Labute approximate surface area is 151 Å². The molecule has 1 fully saturated rings. The standard InChI is InChI=1S/C17H22N4O5/c1-18-16(24)11-3-5-12(6-4-11)20-14(22)10-21-8-7-19-17(25)13(21)9-15(23)26-2/h3-6,13H,7-10H2,1-2H3,(H,18,24)(H,19,25)(H,20,22)/t13-/m1/s1. The van der Waals surface area contributed by atoms with Crippen molar-refractivity contribution in [2.45, 2.75) is 12.5 Å². The molecule has 1 aliphatic rings. The first kappa shape index (κ1) is 19.4. The molecule has 26 heavy (non-hydrogen) atoms. The van der Waals surface area contributed by atoms with Gasteiger partial charge in [0.25, 0.3) is 5.91 Å². The van der Waals surface area contributed by atoms with Gasteiger partial charge in [-0.05, 0) is 24.3 Å². The number of piperazine rings is 1.